The van der Waals surface area contributed by atoms with Gasteiger partial charge in [0.2, 0.25) is 5.91 Å². The molecule has 7 heteroatoms. The summed E-state index contributed by atoms with van der Waals surface area (Å²) < 4.78 is 0. The highest BCUT2D eigenvalue weighted by Gasteiger charge is 2.17. The van der Waals surface area contributed by atoms with Crippen LogP contribution < -0.4 is 10.6 Å². The number of thioether (sulfide) groups is 1. The fraction of sp³-hybridized carbons (Fsp3) is 0.700. The van der Waals surface area contributed by atoms with Crippen LogP contribution in [0.1, 0.15) is 27.2 Å². The Kier molecular flexibility index (Phi) is 7.36. The highest BCUT2D eigenvalue weighted by atomic mass is 32.2. The van der Waals surface area contributed by atoms with Crippen molar-refractivity contribution in [2.24, 2.45) is 0 Å². The van der Waals surface area contributed by atoms with E-state index < -0.39 is 23.2 Å². The largest absolute Gasteiger partial charge is 0.480 e. The second-order valence-electron chi connectivity index (χ2n) is 3.72. The van der Waals surface area contributed by atoms with Crippen LogP contribution in [0.15, 0.2) is 0 Å². The molecule has 1 unspecified atom stereocenters. The van der Waals surface area contributed by atoms with Crippen LogP contribution in [-0.4, -0.2) is 40.1 Å². The smallest absolute Gasteiger partial charge is 0.321 e. The Bertz CT molecular complexity index is 294. The molecule has 0 rings (SSSR count). The lowest BCUT2D eigenvalue weighted by molar-refractivity contribution is -0.136. The lowest BCUT2D eigenvalue weighted by Crippen LogP contribution is -2.43. The molecule has 0 aromatic rings. The van der Waals surface area contributed by atoms with Crippen LogP contribution in [0.3, 0.4) is 0 Å². The van der Waals surface area contributed by atoms with Gasteiger partial charge in [0, 0.05) is 6.04 Å². The molecule has 17 heavy (non-hydrogen) atoms. The van der Waals surface area contributed by atoms with E-state index in [1.54, 1.807) is 20.8 Å². The summed E-state index contributed by atoms with van der Waals surface area (Å²) in [6.45, 7) is 5.28. The Morgan fingerprint density at radius 2 is 1.88 bits per heavy atom. The Balaban J connectivity index is 3.94. The van der Waals surface area contributed by atoms with Gasteiger partial charge in [-0.05, 0) is 20.3 Å². The molecule has 3 N–H and O–H groups in total. The number of imide groups is 1. The Hall–Kier alpha value is -1.24. The van der Waals surface area contributed by atoms with Gasteiger partial charge in [0.25, 0.3) is 0 Å². The van der Waals surface area contributed by atoms with Crippen molar-refractivity contribution in [2.45, 2.75) is 38.5 Å². The third-order valence-electron chi connectivity index (χ3n) is 1.73. The number of rotatable bonds is 6. The van der Waals surface area contributed by atoms with Gasteiger partial charge in [0.05, 0.1) is 5.75 Å². The Morgan fingerprint density at radius 1 is 1.29 bits per heavy atom. The first-order chi connectivity index (χ1) is 7.86. The topological polar surface area (TPSA) is 95.5 Å². The Morgan fingerprint density at radius 3 is 2.29 bits per heavy atom. The summed E-state index contributed by atoms with van der Waals surface area (Å²) in [4.78, 5) is 33.1. The molecule has 3 amide bonds. The summed E-state index contributed by atoms with van der Waals surface area (Å²) in [6.07, 6.45) is 0.436. The standard InChI is InChI=1S/C10H18N2O4S/c1-4-7(9(14)15)17-5-8(13)12-10(16)11-6(2)3/h6-7H,4-5H2,1-3H3,(H,14,15)(H2,11,12,13,16). The minimum Gasteiger partial charge on any atom is -0.480 e. The lowest BCUT2D eigenvalue weighted by Gasteiger charge is -2.11. The lowest BCUT2D eigenvalue weighted by atomic mass is 10.3. The number of nitrogens with one attached hydrogen (secondary N) is 2. The van der Waals surface area contributed by atoms with Gasteiger partial charge in [0.1, 0.15) is 5.25 Å². The molecule has 98 valence electrons. The van der Waals surface area contributed by atoms with Crippen LogP contribution >= 0.6 is 11.8 Å². The van der Waals surface area contributed by atoms with Gasteiger partial charge in [0.15, 0.2) is 0 Å². The number of hydrogen-bond donors (Lipinski definition) is 3. The molecular formula is C10H18N2O4S. The van der Waals surface area contributed by atoms with Gasteiger partial charge in [-0.25, -0.2) is 4.79 Å². The molecule has 0 aliphatic rings. The van der Waals surface area contributed by atoms with E-state index in [-0.39, 0.29) is 11.8 Å². The van der Waals surface area contributed by atoms with E-state index >= 15 is 0 Å². The summed E-state index contributed by atoms with van der Waals surface area (Å²) in [6, 6.07) is -0.619. The van der Waals surface area contributed by atoms with Crippen LogP contribution in [-0.2, 0) is 9.59 Å². The number of amides is 3. The summed E-state index contributed by atoms with van der Waals surface area (Å²) >= 11 is 1.01. The summed E-state index contributed by atoms with van der Waals surface area (Å²) in [5, 5.41) is 12.8. The van der Waals surface area contributed by atoms with Crippen molar-refractivity contribution in [3.63, 3.8) is 0 Å². The van der Waals surface area contributed by atoms with Crippen LogP contribution in [0.2, 0.25) is 0 Å². The zero-order chi connectivity index (χ0) is 13.4. The van der Waals surface area contributed by atoms with Crippen LogP contribution in [0.25, 0.3) is 0 Å². The SMILES string of the molecule is CCC(SCC(=O)NC(=O)NC(C)C)C(=O)O. The number of urea groups is 1. The van der Waals surface area contributed by atoms with Gasteiger partial charge in [-0.1, -0.05) is 6.92 Å². The summed E-state index contributed by atoms with van der Waals surface area (Å²) in [5.74, 6) is -1.49. The maximum atomic E-state index is 11.3. The quantitative estimate of drug-likeness (QED) is 0.658. The van der Waals surface area contributed by atoms with Crippen LogP contribution in [0, 0.1) is 0 Å². The first kappa shape index (κ1) is 15.8. The minimum absolute atomic E-state index is 0.0453. The van der Waals surface area contributed by atoms with Crippen molar-refractivity contribution in [3.05, 3.63) is 0 Å². The van der Waals surface area contributed by atoms with Crippen LogP contribution in [0.4, 0.5) is 4.79 Å². The molecule has 0 aliphatic carbocycles. The number of aliphatic carboxylic acids is 1. The van der Waals surface area contributed by atoms with E-state index in [1.807, 2.05) is 0 Å². The molecular weight excluding hydrogens is 244 g/mol. The van der Waals surface area contributed by atoms with E-state index in [1.165, 1.54) is 0 Å². The van der Waals surface area contributed by atoms with E-state index in [0.29, 0.717) is 6.42 Å². The maximum absolute atomic E-state index is 11.3. The van der Waals surface area contributed by atoms with Crippen molar-refractivity contribution in [1.82, 2.24) is 10.6 Å². The monoisotopic (exact) mass is 262 g/mol. The predicted octanol–water partition coefficient (Wildman–Crippen LogP) is 0.817. The molecule has 0 radical (unpaired) electrons. The fourth-order valence-corrected chi connectivity index (χ4v) is 1.80. The third-order valence-corrected chi connectivity index (χ3v) is 3.10. The van der Waals surface area contributed by atoms with Crippen molar-refractivity contribution in [3.8, 4) is 0 Å². The fourth-order valence-electron chi connectivity index (χ4n) is 1.00. The first-order valence-corrected chi connectivity index (χ1v) is 6.36. The van der Waals surface area contributed by atoms with Crippen molar-refractivity contribution < 1.29 is 19.5 Å². The molecule has 0 saturated heterocycles. The van der Waals surface area contributed by atoms with Crippen molar-refractivity contribution in [2.75, 3.05) is 5.75 Å². The molecule has 0 aromatic heterocycles. The number of carboxylic acid groups (broad SMARTS) is 1. The van der Waals surface area contributed by atoms with Crippen molar-refractivity contribution >= 4 is 29.7 Å². The van der Waals surface area contributed by atoms with Gasteiger partial charge in [-0.2, -0.15) is 0 Å². The van der Waals surface area contributed by atoms with E-state index in [2.05, 4.69) is 10.6 Å². The zero-order valence-electron chi connectivity index (χ0n) is 10.1. The molecule has 0 fully saturated rings. The first-order valence-electron chi connectivity index (χ1n) is 5.31. The van der Waals surface area contributed by atoms with Gasteiger partial charge < -0.3 is 10.4 Å². The number of carbonyl (C=O) groups is 3. The average molecular weight is 262 g/mol. The highest BCUT2D eigenvalue weighted by molar-refractivity contribution is 8.01. The van der Waals surface area contributed by atoms with E-state index in [0.717, 1.165) is 11.8 Å². The second-order valence-corrected chi connectivity index (χ2v) is 4.91. The van der Waals surface area contributed by atoms with Gasteiger partial charge in [-0.15, -0.1) is 11.8 Å². The van der Waals surface area contributed by atoms with E-state index in [9.17, 15) is 14.4 Å². The van der Waals surface area contributed by atoms with Gasteiger partial charge >= 0.3 is 12.0 Å². The van der Waals surface area contributed by atoms with E-state index in [4.69, 9.17) is 5.11 Å². The summed E-state index contributed by atoms with van der Waals surface area (Å²) in [5.41, 5.74) is 0. The van der Waals surface area contributed by atoms with Crippen LogP contribution in [0.5, 0.6) is 0 Å². The molecule has 0 aliphatic heterocycles. The molecule has 0 bridgehead atoms. The minimum atomic E-state index is -0.947. The number of carboxylic acids is 1. The predicted molar refractivity (Wildman–Crippen MR) is 66.0 cm³/mol. The number of carbonyl (C=O) groups excluding carboxylic acids is 2. The molecule has 0 heterocycles. The average Bonchev–Trinajstić information content (AvgIpc) is 2.16. The second kappa shape index (κ2) is 7.94. The number of hydrogen-bond acceptors (Lipinski definition) is 4. The summed E-state index contributed by atoms with van der Waals surface area (Å²) in [7, 11) is 0. The molecule has 0 aromatic carbocycles. The highest BCUT2D eigenvalue weighted by Crippen LogP contribution is 2.13. The molecule has 1 atom stereocenters. The third kappa shape index (κ3) is 7.62. The molecule has 0 spiro atoms. The normalized spacial score (nSPS) is 12.0. The Labute approximate surface area is 105 Å². The van der Waals surface area contributed by atoms with Gasteiger partial charge in [-0.3, -0.25) is 14.9 Å². The molecule has 6 nitrogen and oxygen atoms in total. The van der Waals surface area contributed by atoms with Crippen molar-refractivity contribution in [1.29, 1.82) is 0 Å². The molecule has 0 saturated carbocycles. The maximum Gasteiger partial charge on any atom is 0.321 e. The zero-order valence-corrected chi connectivity index (χ0v) is 11.0.